The molecule has 0 bridgehead atoms. The van der Waals surface area contributed by atoms with Crippen molar-refractivity contribution in [3.63, 3.8) is 0 Å². The van der Waals surface area contributed by atoms with Crippen molar-refractivity contribution in [1.82, 2.24) is 9.97 Å². The average Bonchev–Trinajstić information content (AvgIpc) is 2.63. The second kappa shape index (κ2) is 7.22. The van der Waals surface area contributed by atoms with Gasteiger partial charge in [-0.05, 0) is 42.5 Å². The molecule has 1 aromatic heterocycles. The van der Waals surface area contributed by atoms with Crippen molar-refractivity contribution in [2.45, 2.75) is 0 Å². The third-order valence-electron chi connectivity index (χ3n) is 3.27. The minimum Gasteiger partial charge on any atom is -0.424 e. The molecule has 0 aliphatic carbocycles. The second-order valence-electron chi connectivity index (χ2n) is 5.06. The van der Waals surface area contributed by atoms with Gasteiger partial charge >= 0.3 is 6.01 Å². The maximum absolute atomic E-state index is 12.3. The van der Waals surface area contributed by atoms with Gasteiger partial charge in [-0.25, -0.2) is 9.97 Å². The van der Waals surface area contributed by atoms with E-state index in [-0.39, 0.29) is 11.9 Å². The molecule has 0 saturated heterocycles. The van der Waals surface area contributed by atoms with Gasteiger partial charge in [0.25, 0.3) is 5.91 Å². The van der Waals surface area contributed by atoms with Crippen LogP contribution in [0, 0.1) is 0 Å². The Labute approximate surface area is 143 Å². The maximum atomic E-state index is 12.3. The lowest BCUT2D eigenvalue weighted by Gasteiger charge is -2.08. The van der Waals surface area contributed by atoms with E-state index in [4.69, 9.17) is 10.5 Å². The van der Waals surface area contributed by atoms with E-state index in [0.29, 0.717) is 22.6 Å². The zero-order chi connectivity index (χ0) is 17.6. The summed E-state index contributed by atoms with van der Waals surface area (Å²) in [6.45, 7) is 0. The van der Waals surface area contributed by atoms with E-state index < -0.39 is 5.91 Å². The Hall–Kier alpha value is -3.74. The van der Waals surface area contributed by atoms with Gasteiger partial charge in [-0.2, -0.15) is 0 Å². The summed E-state index contributed by atoms with van der Waals surface area (Å²) in [6.07, 6.45) is 3.15. The molecule has 7 heteroatoms. The molecule has 2 amide bonds. The van der Waals surface area contributed by atoms with Crippen LogP contribution in [0.2, 0.25) is 0 Å². The number of ether oxygens (including phenoxy) is 1. The number of nitrogens with two attached hydrogens (primary N) is 1. The van der Waals surface area contributed by atoms with Crippen LogP contribution in [0.15, 0.2) is 67.0 Å². The number of benzene rings is 2. The molecule has 7 nitrogen and oxygen atoms in total. The van der Waals surface area contributed by atoms with Crippen molar-refractivity contribution < 1.29 is 14.3 Å². The van der Waals surface area contributed by atoms with Crippen molar-refractivity contribution >= 4 is 17.5 Å². The molecule has 0 aliphatic heterocycles. The number of primary amides is 1. The van der Waals surface area contributed by atoms with E-state index in [1.165, 1.54) is 24.3 Å². The van der Waals surface area contributed by atoms with Crippen LogP contribution in [0.25, 0.3) is 0 Å². The molecule has 0 aliphatic rings. The van der Waals surface area contributed by atoms with Gasteiger partial charge < -0.3 is 15.8 Å². The topological polar surface area (TPSA) is 107 Å². The minimum atomic E-state index is -0.542. The first-order valence-corrected chi connectivity index (χ1v) is 7.38. The molecule has 2 aromatic carbocycles. The fourth-order valence-electron chi connectivity index (χ4n) is 2.07. The van der Waals surface area contributed by atoms with E-state index >= 15 is 0 Å². The number of rotatable bonds is 5. The maximum Gasteiger partial charge on any atom is 0.321 e. The normalized spacial score (nSPS) is 10.1. The Balaban J connectivity index is 1.71. The third-order valence-corrected chi connectivity index (χ3v) is 3.27. The molecule has 0 spiro atoms. The van der Waals surface area contributed by atoms with Crippen molar-refractivity contribution in [2.75, 3.05) is 5.32 Å². The summed E-state index contributed by atoms with van der Waals surface area (Å²) >= 11 is 0. The highest BCUT2D eigenvalue weighted by molar-refractivity contribution is 6.05. The molecule has 0 saturated carbocycles. The molecule has 124 valence electrons. The first-order chi connectivity index (χ1) is 12.1. The Kier molecular flexibility index (Phi) is 4.66. The SMILES string of the molecule is NC(=O)c1ccc(C(=O)Nc2cccc(Oc3ncccn3)c2)cc1. The Morgan fingerprint density at radius 1 is 0.920 bits per heavy atom. The summed E-state index contributed by atoms with van der Waals surface area (Å²) < 4.78 is 5.52. The summed E-state index contributed by atoms with van der Waals surface area (Å²) in [5.74, 6) is -0.364. The van der Waals surface area contributed by atoms with Crippen molar-refractivity contribution in [3.8, 4) is 11.8 Å². The molecule has 3 aromatic rings. The average molecular weight is 334 g/mol. The lowest BCUT2D eigenvalue weighted by molar-refractivity contribution is 0.0995. The number of hydrogen-bond acceptors (Lipinski definition) is 5. The molecule has 3 N–H and O–H groups in total. The fourth-order valence-corrected chi connectivity index (χ4v) is 2.07. The lowest BCUT2D eigenvalue weighted by atomic mass is 10.1. The van der Waals surface area contributed by atoms with Gasteiger partial charge in [-0.15, -0.1) is 0 Å². The highest BCUT2D eigenvalue weighted by Crippen LogP contribution is 2.21. The summed E-state index contributed by atoms with van der Waals surface area (Å²) in [7, 11) is 0. The van der Waals surface area contributed by atoms with Crippen molar-refractivity contribution in [2.24, 2.45) is 5.73 Å². The summed E-state index contributed by atoms with van der Waals surface area (Å²) in [6, 6.07) is 14.8. The number of anilines is 1. The van der Waals surface area contributed by atoms with E-state index in [9.17, 15) is 9.59 Å². The van der Waals surface area contributed by atoms with Crippen molar-refractivity contribution in [1.29, 1.82) is 0 Å². The first kappa shape index (κ1) is 16.1. The molecule has 1 heterocycles. The number of amides is 2. The van der Waals surface area contributed by atoms with Gasteiger partial charge in [0.2, 0.25) is 5.91 Å². The van der Waals surface area contributed by atoms with E-state index in [1.54, 1.807) is 42.7 Å². The Morgan fingerprint density at radius 3 is 2.28 bits per heavy atom. The van der Waals surface area contributed by atoms with E-state index in [2.05, 4.69) is 15.3 Å². The number of aromatic nitrogens is 2. The molecular weight excluding hydrogens is 320 g/mol. The van der Waals surface area contributed by atoms with Crippen LogP contribution in [0.4, 0.5) is 5.69 Å². The van der Waals surface area contributed by atoms with Crippen LogP contribution < -0.4 is 15.8 Å². The molecule has 0 radical (unpaired) electrons. The predicted molar refractivity (Wildman–Crippen MR) is 91.5 cm³/mol. The zero-order valence-electron chi connectivity index (χ0n) is 13.0. The molecule has 3 rings (SSSR count). The fraction of sp³-hybridized carbons (Fsp3) is 0. The Morgan fingerprint density at radius 2 is 1.60 bits per heavy atom. The number of carbonyl (C=O) groups excluding carboxylic acids is 2. The summed E-state index contributed by atoms with van der Waals surface area (Å²) in [5, 5.41) is 2.76. The number of nitrogens with zero attached hydrogens (tertiary/aromatic N) is 2. The summed E-state index contributed by atoms with van der Waals surface area (Å²) in [4.78, 5) is 31.3. The highest BCUT2D eigenvalue weighted by atomic mass is 16.5. The molecular formula is C18H14N4O3. The second-order valence-corrected chi connectivity index (χ2v) is 5.06. The lowest BCUT2D eigenvalue weighted by Crippen LogP contribution is -2.14. The van der Waals surface area contributed by atoms with Crippen LogP contribution in [-0.4, -0.2) is 21.8 Å². The molecule has 25 heavy (non-hydrogen) atoms. The van der Waals surface area contributed by atoms with Crippen LogP contribution in [0.5, 0.6) is 11.8 Å². The molecule has 0 unspecified atom stereocenters. The number of carbonyl (C=O) groups is 2. The number of nitrogens with one attached hydrogen (secondary N) is 1. The van der Waals surface area contributed by atoms with Gasteiger partial charge in [0, 0.05) is 35.3 Å². The minimum absolute atomic E-state index is 0.216. The highest BCUT2D eigenvalue weighted by Gasteiger charge is 2.08. The summed E-state index contributed by atoms with van der Waals surface area (Å²) in [5.41, 5.74) is 6.48. The standard InChI is InChI=1S/C18H14N4O3/c19-16(23)12-5-7-13(8-6-12)17(24)22-14-3-1-4-15(11-14)25-18-20-9-2-10-21-18/h1-11H,(H2,19,23)(H,22,24). The van der Waals surface area contributed by atoms with Gasteiger partial charge in [-0.3, -0.25) is 9.59 Å². The van der Waals surface area contributed by atoms with Crippen LogP contribution in [-0.2, 0) is 0 Å². The Bertz CT molecular complexity index is 896. The smallest absolute Gasteiger partial charge is 0.321 e. The molecule has 0 fully saturated rings. The first-order valence-electron chi connectivity index (χ1n) is 7.38. The van der Waals surface area contributed by atoms with E-state index in [0.717, 1.165) is 0 Å². The molecule has 0 atom stereocenters. The van der Waals surface area contributed by atoms with Gasteiger partial charge in [0.1, 0.15) is 5.75 Å². The van der Waals surface area contributed by atoms with Crippen LogP contribution in [0.1, 0.15) is 20.7 Å². The third kappa shape index (κ3) is 4.17. The van der Waals surface area contributed by atoms with Crippen molar-refractivity contribution in [3.05, 3.63) is 78.1 Å². The zero-order valence-corrected chi connectivity index (χ0v) is 13.0. The van der Waals surface area contributed by atoms with Gasteiger partial charge in [0.15, 0.2) is 0 Å². The van der Waals surface area contributed by atoms with Crippen LogP contribution in [0.3, 0.4) is 0 Å². The number of hydrogen-bond donors (Lipinski definition) is 2. The van der Waals surface area contributed by atoms with Gasteiger partial charge in [0.05, 0.1) is 0 Å². The van der Waals surface area contributed by atoms with E-state index in [1.807, 2.05) is 0 Å². The van der Waals surface area contributed by atoms with Gasteiger partial charge in [-0.1, -0.05) is 6.07 Å². The monoisotopic (exact) mass is 334 g/mol. The largest absolute Gasteiger partial charge is 0.424 e. The van der Waals surface area contributed by atoms with Crippen LogP contribution >= 0.6 is 0 Å². The predicted octanol–water partition coefficient (Wildman–Crippen LogP) is 2.62. The quantitative estimate of drug-likeness (QED) is 0.746.